The number of hydrogen-bond acceptors (Lipinski definition) is 3. The standard InChI is InChI=1S/C12H11F3O3/c13-12(14,15)9-7-11-10(17-4-5-18-11)6-8(9)2-1-3-16/h3,6-7H,1-2,4-5H2. The van der Waals surface area contributed by atoms with E-state index in [4.69, 9.17) is 9.47 Å². The van der Waals surface area contributed by atoms with Crippen LogP contribution in [-0.2, 0) is 17.4 Å². The summed E-state index contributed by atoms with van der Waals surface area (Å²) in [6.45, 7) is 0.545. The molecule has 0 radical (unpaired) electrons. The Labute approximate surface area is 102 Å². The lowest BCUT2D eigenvalue weighted by atomic mass is 10.0. The van der Waals surface area contributed by atoms with E-state index < -0.39 is 11.7 Å². The highest BCUT2D eigenvalue weighted by atomic mass is 19.4. The first-order valence-corrected chi connectivity index (χ1v) is 5.45. The maximum atomic E-state index is 12.9. The smallest absolute Gasteiger partial charge is 0.416 e. The molecular formula is C12H11F3O3. The maximum Gasteiger partial charge on any atom is 0.416 e. The molecule has 3 nitrogen and oxygen atoms in total. The lowest BCUT2D eigenvalue weighted by molar-refractivity contribution is -0.138. The van der Waals surface area contributed by atoms with Crippen molar-refractivity contribution in [3.8, 4) is 11.5 Å². The van der Waals surface area contributed by atoms with Gasteiger partial charge in [-0.15, -0.1) is 0 Å². The molecule has 0 atom stereocenters. The molecule has 0 aromatic heterocycles. The summed E-state index contributed by atoms with van der Waals surface area (Å²) in [4.78, 5) is 10.3. The van der Waals surface area contributed by atoms with Crippen LogP contribution in [0.2, 0.25) is 0 Å². The lowest BCUT2D eigenvalue weighted by Crippen LogP contribution is -2.18. The third-order valence-electron chi connectivity index (χ3n) is 2.60. The van der Waals surface area contributed by atoms with Gasteiger partial charge >= 0.3 is 6.18 Å². The van der Waals surface area contributed by atoms with Crippen molar-refractivity contribution in [2.24, 2.45) is 0 Å². The first-order valence-electron chi connectivity index (χ1n) is 5.45. The van der Waals surface area contributed by atoms with Crippen molar-refractivity contribution in [2.75, 3.05) is 13.2 Å². The Morgan fingerprint density at radius 2 is 1.78 bits per heavy atom. The van der Waals surface area contributed by atoms with Crippen molar-refractivity contribution in [1.82, 2.24) is 0 Å². The molecule has 1 aromatic rings. The average Bonchev–Trinajstić information content (AvgIpc) is 2.34. The Morgan fingerprint density at radius 1 is 1.17 bits per heavy atom. The van der Waals surface area contributed by atoms with Gasteiger partial charge in [0.25, 0.3) is 0 Å². The molecule has 0 spiro atoms. The predicted molar refractivity (Wildman–Crippen MR) is 56.8 cm³/mol. The molecule has 1 heterocycles. The van der Waals surface area contributed by atoms with Crippen LogP contribution in [0.15, 0.2) is 12.1 Å². The summed E-state index contributed by atoms with van der Waals surface area (Å²) >= 11 is 0. The molecule has 0 unspecified atom stereocenters. The quantitative estimate of drug-likeness (QED) is 0.784. The number of hydrogen-bond donors (Lipinski definition) is 0. The molecule has 6 heteroatoms. The highest BCUT2D eigenvalue weighted by Gasteiger charge is 2.35. The first-order chi connectivity index (χ1) is 8.52. The Bertz CT molecular complexity index is 455. The van der Waals surface area contributed by atoms with Gasteiger partial charge in [0.05, 0.1) is 5.56 Å². The van der Waals surface area contributed by atoms with E-state index in [2.05, 4.69) is 0 Å². The van der Waals surface area contributed by atoms with Gasteiger partial charge in [0.15, 0.2) is 11.5 Å². The molecule has 1 aliphatic rings. The number of carbonyl (C=O) groups is 1. The third kappa shape index (κ3) is 2.57. The Kier molecular flexibility index (Phi) is 3.45. The van der Waals surface area contributed by atoms with Crippen molar-refractivity contribution < 1.29 is 27.4 Å². The minimum Gasteiger partial charge on any atom is -0.486 e. The van der Waals surface area contributed by atoms with Crippen molar-refractivity contribution in [3.05, 3.63) is 23.3 Å². The van der Waals surface area contributed by atoms with Gasteiger partial charge in [-0.05, 0) is 24.1 Å². The van der Waals surface area contributed by atoms with E-state index in [0.29, 0.717) is 18.6 Å². The van der Waals surface area contributed by atoms with E-state index in [-0.39, 0.29) is 30.8 Å². The molecule has 0 amide bonds. The largest absolute Gasteiger partial charge is 0.486 e. The second kappa shape index (κ2) is 4.88. The zero-order valence-electron chi connectivity index (χ0n) is 9.42. The van der Waals surface area contributed by atoms with Crippen LogP contribution in [0.25, 0.3) is 0 Å². The van der Waals surface area contributed by atoms with Gasteiger partial charge in [0.1, 0.15) is 19.5 Å². The van der Waals surface area contributed by atoms with E-state index in [0.717, 1.165) is 6.07 Å². The normalized spacial score (nSPS) is 14.4. The molecule has 0 saturated heterocycles. The highest BCUT2D eigenvalue weighted by molar-refractivity contribution is 5.53. The van der Waals surface area contributed by atoms with Gasteiger partial charge in [-0.2, -0.15) is 13.2 Å². The first kappa shape index (κ1) is 12.7. The molecule has 1 aliphatic heterocycles. The third-order valence-corrected chi connectivity index (χ3v) is 2.60. The number of alkyl halides is 3. The van der Waals surface area contributed by atoms with Gasteiger partial charge in [0, 0.05) is 6.42 Å². The molecule has 0 N–H and O–H groups in total. The molecule has 0 fully saturated rings. The van der Waals surface area contributed by atoms with Crippen LogP contribution in [-0.4, -0.2) is 19.5 Å². The summed E-state index contributed by atoms with van der Waals surface area (Å²) < 4.78 is 48.9. The lowest BCUT2D eigenvalue weighted by Gasteiger charge is -2.22. The Balaban J connectivity index is 2.44. The number of aryl methyl sites for hydroxylation is 1. The molecule has 0 saturated carbocycles. The molecule has 2 rings (SSSR count). The van der Waals surface area contributed by atoms with Gasteiger partial charge < -0.3 is 14.3 Å². The number of halogens is 3. The van der Waals surface area contributed by atoms with Crippen molar-refractivity contribution in [2.45, 2.75) is 19.0 Å². The number of carbonyl (C=O) groups excluding carboxylic acids is 1. The van der Waals surface area contributed by atoms with Gasteiger partial charge in [0.2, 0.25) is 0 Å². The summed E-state index contributed by atoms with van der Waals surface area (Å²) in [5, 5.41) is 0. The van der Waals surface area contributed by atoms with Crippen LogP contribution in [0, 0.1) is 0 Å². The molecule has 18 heavy (non-hydrogen) atoms. The minimum atomic E-state index is -4.46. The summed E-state index contributed by atoms with van der Waals surface area (Å²) in [6.07, 6.45) is -3.79. The van der Waals surface area contributed by atoms with Gasteiger partial charge in [-0.25, -0.2) is 0 Å². The zero-order chi connectivity index (χ0) is 13.2. The summed E-state index contributed by atoms with van der Waals surface area (Å²) in [6, 6.07) is 2.25. The number of benzene rings is 1. The number of ether oxygens (including phenoxy) is 2. The average molecular weight is 260 g/mol. The fourth-order valence-corrected chi connectivity index (χ4v) is 1.82. The van der Waals surface area contributed by atoms with E-state index in [9.17, 15) is 18.0 Å². The van der Waals surface area contributed by atoms with Gasteiger partial charge in [-0.3, -0.25) is 0 Å². The second-order valence-corrected chi connectivity index (χ2v) is 3.86. The Hall–Kier alpha value is -1.72. The Morgan fingerprint density at radius 3 is 2.33 bits per heavy atom. The molecule has 0 aliphatic carbocycles. The van der Waals surface area contributed by atoms with Crippen molar-refractivity contribution in [1.29, 1.82) is 0 Å². The molecule has 98 valence electrons. The number of rotatable bonds is 3. The van der Waals surface area contributed by atoms with Crippen molar-refractivity contribution in [3.63, 3.8) is 0 Å². The summed E-state index contributed by atoms with van der Waals surface area (Å²) in [5.74, 6) is 0.401. The van der Waals surface area contributed by atoms with Crippen LogP contribution in [0.5, 0.6) is 11.5 Å². The number of fused-ring (bicyclic) bond motifs is 1. The fourth-order valence-electron chi connectivity index (χ4n) is 1.82. The predicted octanol–water partition coefficient (Wildman–Crippen LogP) is 2.61. The monoisotopic (exact) mass is 260 g/mol. The van der Waals surface area contributed by atoms with E-state index in [1.54, 1.807) is 0 Å². The fraction of sp³-hybridized carbons (Fsp3) is 0.417. The van der Waals surface area contributed by atoms with Crippen LogP contribution >= 0.6 is 0 Å². The molecule has 1 aromatic carbocycles. The van der Waals surface area contributed by atoms with E-state index >= 15 is 0 Å². The van der Waals surface area contributed by atoms with Crippen LogP contribution in [0.3, 0.4) is 0 Å². The topological polar surface area (TPSA) is 35.5 Å². The maximum absolute atomic E-state index is 12.9. The summed E-state index contributed by atoms with van der Waals surface area (Å²) in [5.41, 5.74) is -0.715. The second-order valence-electron chi connectivity index (χ2n) is 3.86. The van der Waals surface area contributed by atoms with Crippen LogP contribution in [0.4, 0.5) is 13.2 Å². The zero-order valence-corrected chi connectivity index (χ0v) is 9.42. The molecular weight excluding hydrogens is 249 g/mol. The van der Waals surface area contributed by atoms with Crippen LogP contribution < -0.4 is 9.47 Å². The number of aldehydes is 1. The van der Waals surface area contributed by atoms with Crippen LogP contribution in [0.1, 0.15) is 17.5 Å². The molecule has 0 bridgehead atoms. The minimum absolute atomic E-state index is 0.0367. The van der Waals surface area contributed by atoms with Crippen molar-refractivity contribution >= 4 is 6.29 Å². The van der Waals surface area contributed by atoms with Gasteiger partial charge in [-0.1, -0.05) is 0 Å². The highest BCUT2D eigenvalue weighted by Crippen LogP contribution is 2.40. The van der Waals surface area contributed by atoms with E-state index in [1.165, 1.54) is 6.07 Å². The summed E-state index contributed by atoms with van der Waals surface area (Å²) in [7, 11) is 0. The SMILES string of the molecule is O=CCCc1cc2c(cc1C(F)(F)F)OCCO2. The van der Waals surface area contributed by atoms with E-state index in [1.807, 2.05) is 0 Å².